The number of nitrogens with zero attached hydrogens (tertiary/aromatic N) is 1. The number of hydrogen-bond acceptors (Lipinski definition) is 3. The molecule has 1 amide bonds. The third-order valence-electron chi connectivity index (χ3n) is 4.14. The third-order valence-corrected chi connectivity index (χ3v) is 4.14. The van der Waals surface area contributed by atoms with Gasteiger partial charge >= 0.3 is 0 Å². The Hall–Kier alpha value is -2.36. The smallest absolute Gasteiger partial charge is 0.228 e. The quantitative estimate of drug-likeness (QED) is 0.872. The van der Waals surface area contributed by atoms with E-state index in [0.29, 0.717) is 5.82 Å². The number of anilines is 3. The first kappa shape index (κ1) is 14.6. The predicted molar refractivity (Wildman–Crippen MR) is 89.3 cm³/mol. The highest BCUT2D eigenvalue weighted by Gasteiger charge is 2.25. The van der Waals surface area contributed by atoms with Crippen LogP contribution in [0, 0.1) is 5.92 Å². The Kier molecular flexibility index (Phi) is 4.37. The molecule has 0 aliphatic heterocycles. The average molecular weight is 295 g/mol. The van der Waals surface area contributed by atoms with Gasteiger partial charge in [-0.05, 0) is 49.1 Å². The number of carbonyl (C=O) groups is 1. The van der Waals surface area contributed by atoms with Gasteiger partial charge in [-0.2, -0.15) is 0 Å². The van der Waals surface area contributed by atoms with Gasteiger partial charge in [0.05, 0.1) is 11.9 Å². The van der Waals surface area contributed by atoms with E-state index in [0.717, 1.165) is 37.1 Å². The van der Waals surface area contributed by atoms with E-state index in [9.17, 15) is 4.79 Å². The molecule has 4 heteroatoms. The van der Waals surface area contributed by atoms with Crippen LogP contribution in [0.1, 0.15) is 31.7 Å². The van der Waals surface area contributed by atoms with Gasteiger partial charge < -0.3 is 10.6 Å². The van der Waals surface area contributed by atoms with Crippen molar-refractivity contribution in [3.63, 3.8) is 0 Å². The Labute approximate surface area is 131 Å². The lowest BCUT2D eigenvalue weighted by Crippen LogP contribution is -2.28. The lowest BCUT2D eigenvalue weighted by Gasteiger charge is -2.23. The SMILES string of the molecule is CCc1ccc(Nc2ccc(NC(=O)C3CCC3)nc2)cc1. The van der Waals surface area contributed by atoms with Gasteiger partial charge in [-0.3, -0.25) is 4.79 Å². The zero-order valence-corrected chi connectivity index (χ0v) is 12.8. The van der Waals surface area contributed by atoms with Crippen molar-refractivity contribution < 1.29 is 4.79 Å². The van der Waals surface area contributed by atoms with Crippen molar-refractivity contribution in [3.8, 4) is 0 Å². The Balaban J connectivity index is 1.59. The van der Waals surface area contributed by atoms with Gasteiger partial charge in [-0.25, -0.2) is 4.98 Å². The topological polar surface area (TPSA) is 54.0 Å². The van der Waals surface area contributed by atoms with Gasteiger partial charge in [0, 0.05) is 11.6 Å². The molecule has 4 nitrogen and oxygen atoms in total. The Morgan fingerprint density at radius 3 is 2.41 bits per heavy atom. The fourth-order valence-corrected chi connectivity index (χ4v) is 2.43. The Morgan fingerprint density at radius 2 is 1.86 bits per heavy atom. The molecule has 0 spiro atoms. The molecule has 1 saturated carbocycles. The summed E-state index contributed by atoms with van der Waals surface area (Å²) in [5, 5.41) is 6.18. The molecule has 0 bridgehead atoms. The van der Waals surface area contributed by atoms with E-state index < -0.39 is 0 Å². The summed E-state index contributed by atoms with van der Waals surface area (Å²) in [5.41, 5.74) is 3.26. The molecule has 2 N–H and O–H groups in total. The maximum absolute atomic E-state index is 11.9. The van der Waals surface area contributed by atoms with Crippen LogP contribution in [0.3, 0.4) is 0 Å². The molecular formula is C18H21N3O. The minimum Gasteiger partial charge on any atom is -0.354 e. The molecule has 1 heterocycles. The second-order valence-corrected chi connectivity index (χ2v) is 5.72. The number of nitrogens with one attached hydrogen (secondary N) is 2. The lowest BCUT2D eigenvalue weighted by molar-refractivity contribution is -0.122. The van der Waals surface area contributed by atoms with Crippen LogP contribution in [0.4, 0.5) is 17.2 Å². The summed E-state index contributed by atoms with van der Waals surface area (Å²) in [4.78, 5) is 16.2. The first-order valence-corrected chi connectivity index (χ1v) is 7.87. The first-order chi connectivity index (χ1) is 10.7. The van der Waals surface area contributed by atoms with Gasteiger partial charge in [0.2, 0.25) is 5.91 Å². The summed E-state index contributed by atoms with van der Waals surface area (Å²) < 4.78 is 0. The van der Waals surface area contributed by atoms with Crippen molar-refractivity contribution in [1.82, 2.24) is 4.98 Å². The molecule has 1 aliphatic carbocycles. The summed E-state index contributed by atoms with van der Waals surface area (Å²) in [6, 6.07) is 12.1. The number of aryl methyl sites for hydroxylation is 1. The molecule has 0 atom stereocenters. The van der Waals surface area contributed by atoms with Crippen LogP contribution in [0.2, 0.25) is 0 Å². The summed E-state index contributed by atoms with van der Waals surface area (Å²) in [5.74, 6) is 0.884. The van der Waals surface area contributed by atoms with E-state index in [1.54, 1.807) is 6.20 Å². The average Bonchev–Trinajstić information content (AvgIpc) is 2.48. The van der Waals surface area contributed by atoms with Crippen molar-refractivity contribution >= 4 is 23.1 Å². The summed E-state index contributed by atoms with van der Waals surface area (Å²) >= 11 is 0. The van der Waals surface area contributed by atoms with E-state index in [1.165, 1.54) is 5.56 Å². The normalized spacial score (nSPS) is 14.2. The number of rotatable bonds is 5. The second-order valence-electron chi connectivity index (χ2n) is 5.72. The maximum atomic E-state index is 11.9. The number of pyridine rings is 1. The van der Waals surface area contributed by atoms with Crippen molar-refractivity contribution in [2.24, 2.45) is 5.92 Å². The monoisotopic (exact) mass is 295 g/mol. The van der Waals surface area contributed by atoms with Crippen LogP contribution in [-0.4, -0.2) is 10.9 Å². The summed E-state index contributed by atoms with van der Waals surface area (Å²) in [6.07, 6.45) is 5.94. The zero-order chi connectivity index (χ0) is 15.4. The fourth-order valence-electron chi connectivity index (χ4n) is 2.43. The highest BCUT2D eigenvalue weighted by atomic mass is 16.2. The van der Waals surface area contributed by atoms with Crippen LogP contribution in [0.5, 0.6) is 0 Å². The molecule has 0 radical (unpaired) electrons. The molecule has 2 aromatic rings. The number of carbonyl (C=O) groups excluding carboxylic acids is 1. The van der Waals surface area contributed by atoms with E-state index in [2.05, 4.69) is 46.8 Å². The fraction of sp³-hybridized carbons (Fsp3) is 0.333. The molecule has 1 aliphatic rings. The first-order valence-electron chi connectivity index (χ1n) is 7.87. The van der Waals surface area contributed by atoms with Crippen LogP contribution < -0.4 is 10.6 Å². The minimum atomic E-state index is 0.0922. The van der Waals surface area contributed by atoms with Crippen molar-refractivity contribution in [2.45, 2.75) is 32.6 Å². The highest BCUT2D eigenvalue weighted by molar-refractivity contribution is 5.92. The van der Waals surface area contributed by atoms with Crippen molar-refractivity contribution in [1.29, 1.82) is 0 Å². The van der Waals surface area contributed by atoms with Crippen LogP contribution in [-0.2, 0) is 11.2 Å². The van der Waals surface area contributed by atoms with E-state index in [1.807, 2.05) is 12.1 Å². The van der Waals surface area contributed by atoms with Gasteiger partial charge in [0.1, 0.15) is 5.82 Å². The largest absolute Gasteiger partial charge is 0.354 e. The van der Waals surface area contributed by atoms with Gasteiger partial charge in [-0.15, -0.1) is 0 Å². The van der Waals surface area contributed by atoms with E-state index in [4.69, 9.17) is 0 Å². The molecule has 3 rings (SSSR count). The number of amides is 1. The molecule has 114 valence electrons. The lowest BCUT2D eigenvalue weighted by atomic mass is 9.85. The van der Waals surface area contributed by atoms with E-state index >= 15 is 0 Å². The molecule has 22 heavy (non-hydrogen) atoms. The van der Waals surface area contributed by atoms with Crippen LogP contribution in [0.25, 0.3) is 0 Å². The van der Waals surface area contributed by atoms with Gasteiger partial charge in [0.25, 0.3) is 0 Å². The van der Waals surface area contributed by atoms with Crippen LogP contribution in [0.15, 0.2) is 42.6 Å². The molecule has 0 saturated heterocycles. The second kappa shape index (κ2) is 6.60. The molecule has 1 aromatic carbocycles. The molecular weight excluding hydrogens is 274 g/mol. The maximum Gasteiger partial charge on any atom is 0.228 e. The van der Waals surface area contributed by atoms with Gasteiger partial charge in [0.15, 0.2) is 0 Å². The predicted octanol–water partition coefficient (Wildman–Crippen LogP) is 4.13. The molecule has 1 aromatic heterocycles. The summed E-state index contributed by atoms with van der Waals surface area (Å²) in [7, 11) is 0. The number of aromatic nitrogens is 1. The standard InChI is InChI=1S/C18H21N3O/c1-2-13-6-8-15(9-7-13)20-16-10-11-17(19-12-16)21-18(22)14-4-3-5-14/h6-12,14,20H,2-5H2,1H3,(H,19,21,22). The molecule has 1 fully saturated rings. The van der Waals surface area contributed by atoms with Gasteiger partial charge in [-0.1, -0.05) is 25.5 Å². The zero-order valence-electron chi connectivity index (χ0n) is 12.8. The highest BCUT2D eigenvalue weighted by Crippen LogP contribution is 2.27. The van der Waals surface area contributed by atoms with Crippen molar-refractivity contribution in [2.75, 3.05) is 10.6 Å². The summed E-state index contributed by atoms with van der Waals surface area (Å²) in [6.45, 7) is 2.14. The Morgan fingerprint density at radius 1 is 1.14 bits per heavy atom. The van der Waals surface area contributed by atoms with Crippen LogP contribution >= 0.6 is 0 Å². The van der Waals surface area contributed by atoms with Crippen molar-refractivity contribution in [3.05, 3.63) is 48.2 Å². The minimum absolute atomic E-state index is 0.0922. The van der Waals surface area contributed by atoms with E-state index in [-0.39, 0.29) is 11.8 Å². The molecule has 0 unspecified atom stereocenters. The number of benzene rings is 1. The number of hydrogen-bond donors (Lipinski definition) is 2. The Bertz CT molecular complexity index is 630. The third kappa shape index (κ3) is 3.45.